The van der Waals surface area contributed by atoms with E-state index in [1.807, 2.05) is 0 Å². The topological polar surface area (TPSA) is 30.5 Å². The Bertz CT molecular complexity index is 221. The lowest BCUT2D eigenvalue weighted by Crippen LogP contribution is -2.41. The maximum Gasteiger partial charge on any atom is 0.0576 e. The van der Waals surface area contributed by atoms with Crippen molar-refractivity contribution in [3.8, 4) is 0 Å². The van der Waals surface area contributed by atoms with E-state index in [-0.39, 0.29) is 0 Å². The lowest BCUT2D eigenvalue weighted by atomic mass is 9.77. The molecule has 2 saturated heterocycles. The van der Waals surface area contributed by atoms with Crippen molar-refractivity contribution in [1.82, 2.24) is 5.32 Å². The molecule has 1 N–H and O–H groups in total. The fourth-order valence-electron chi connectivity index (χ4n) is 3.30. The van der Waals surface area contributed by atoms with Gasteiger partial charge in [-0.15, -0.1) is 0 Å². The SMILES string of the molecule is CCNCC1(CCCC2CCCO2)CCCOC1. The summed E-state index contributed by atoms with van der Waals surface area (Å²) >= 11 is 0. The molecule has 0 radical (unpaired) electrons. The highest BCUT2D eigenvalue weighted by atomic mass is 16.5. The molecule has 2 fully saturated rings. The molecular weight excluding hydrogens is 226 g/mol. The zero-order chi connectivity index (χ0) is 12.7. The van der Waals surface area contributed by atoms with Crippen LogP contribution in [0.15, 0.2) is 0 Å². The van der Waals surface area contributed by atoms with Crippen LogP contribution in [0.4, 0.5) is 0 Å². The molecule has 0 aromatic heterocycles. The quantitative estimate of drug-likeness (QED) is 0.759. The molecule has 0 bridgehead atoms. The Kier molecular flexibility index (Phi) is 5.93. The lowest BCUT2D eigenvalue weighted by Gasteiger charge is -2.37. The van der Waals surface area contributed by atoms with Gasteiger partial charge in [0.25, 0.3) is 0 Å². The molecule has 0 amide bonds. The summed E-state index contributed by atoms with van der Waals surface area (Å²) in [5, 5.41) is 3.53. The summed E-state index contributed by atoms with van der Waals surface area (Å²) in [5.74, 6) is 0. The van der Waals surface area contributed by atoms with Crippen LogP contribution < -0.4 is 5.32 Å². The molecule has 2 heterocycles. The van der Waals surface area contributed by atoms with Crippen molar-refractivity contribution in [3.05, 3.63) is 0 Å². The van der Waals surface area contributed by atoms with Gasteiger partial charge in [0.1, 0.15) is 0 Å². The van der Waals surface area contributed by atoms with Crippen molar-refractivity contribution in [2.75, 3.05) is 32.9 Å². The molecule has 3 heteroatoms. The van der Waals surface area contributed by atoms with Gasteiger partial charge in [-0.25, -0.2) is 0 Å². The second-order valence-electron chi connectivity index (χ2n) is 5.96. The lowest BCUT2D eigenvalue weighted by molar-refractivity contribution is -0.0150. The van der Waals surface area contributed by atoms with Gasteiger partial charge in [0.05, 0.1) is 12.7 Å². The first-order valence-corrected chi connectivity index (χ1v) is 7.75. The Labute approximate surface area is 112 Å². The third-order valence-corrected chi connectivity index (χ3v) is 4.41. The van der Waals surface area contributed by atoms with Crippen LogP contribution >= 0.6 is 0 Å². The fourth-order valence-corrected chi connectivity index (χ4v) is 3.30. The van der Waals surface area contributed by atoms with Crippen LogP contribution in [-0.2, 0) is 9.47 Å². The molecule has 3 nitrogen and oxygen atoms in total. The van der Waals surface area contributed by atoms with Gasteiger partial charge in [0.15, 0.2) is 0 Å². The van der Waals surface area contributed by atoms with Gasteiger partial charge in [-0.3, -0.25) is 0 Å². The Morgan fingerprint density at radius 1 is 1.28 bits per heavy atom. The van der Waals surface area contributed by atoms with Gasteiger partial charge in [0, 0.05) is 25.2 Å². The summed E-state index contributed by atoms with van der Waals surface area (Å²) < 4.78 is 11.4. The number of ether oxygens (including phenoxy) is 2. The number of rotatable bonds is 7. The highest BCUT2D eigenvalue weighted by Crippen LogP contribution is 2.34. The maximum atomic E-state index is 5.73. The second kappa shape index (κ2) is 7.46. The minimum Gasteiger partial charge on any atom is -0.381 e. The summed E-state index contributed by atoms with van der Waals surface area (Å²) in [5.41, 5.74) is 0.396. The summed E-state index contributed by atoms with van der Waals surface area (Å²) in [7, 11) is 0. The van der Waals surface area contributed by atoms with Crippen molar-refractivity contribution in [1.29, 1.82) is 0 Å². The molecule has 0 saturated carbocycles. The molecule has 18 heavy (non-hydrogen) atoms. The van der Waals surface area contributed by atoms with E-state index in [2.05, 4.69) is 12.2 Å². The van der Waals surface area contributed by atoms with Crippen LogP contribution in [0.3, 0.4) is 0 Å². The van der Waals surface area contributed by atoms with Gasteiger partial charge in [-0.1, -0.05) is 13.3 Å². The summed E-state index contributed by atoms with van der Waals surface area (Å²) in [4.78, 5) is 0. The van der Waals surface area contributed by atoms with Crippen LogP contribution in [0.5, 0.6) is 0 Å². The first-order valence-electron chi connectivity index (χ1n) is 7.75. The zero-order valence-electron chi connectivity index (χ0n) is 11.9. The second-order valence-corrected chi connectivity index (χ2v) is 5.96. The Morgan fingerprint density at radius 2 is 2.22 bits per heavy atom. The van der Waals surface area contributed by atoms with Gasteiger partial charge in [-0.05, 0) is 45.1 Å². The molecule has 2 unspecified atom stereocenters. The van der Waals surface area contributed by atoms with Crippen LogP contribution in [0.1, 0.15) is 51.9 Å². The molecule has 0 aliphatic carbocycles. The first-order chi connectivity index (χ1) is 8.85. The minimum absolute atomic E-state index is 0.396. The van der Waals surface area contributed by atoms with Gasteiger partial charge in [0.2, 0.25) is 0 Å². The van der Waals surface area contributed by atoms with Gasteiger partial charge in [-0.2, -0.15) is 0 Å². The molecule has 2 aliphatic heterocycles. The molecule has 2 aliphatic rings. The minimum atomic E-state index is 0.396. The van der Waals surface area contributed by atoms with Crippen LogP contribution in [0.2, 0.25) is 0 Å². The maximum absolute atomic E-state index is 5.73. The highest BCUT2D eigenvalue weighted by Gasteiger charge is 2.32. The Morgan fingerprint density at radius 3 is 2.89 bits per heavy atom. The number of hydrogen-bond acceptors (Lipinski definition) is 3. The van der Waals surface area contributed by atoms with Crippen molar-refractivity contribution < 1.29 is 9.47 Å². The predicted octanol–water partition coefficient (Wildman–Crippen LogP) is 2.74. The van der Waals surface area contributed by atoms with E-state index in [4.69, 9.17) is 9.47 Å². The zero-order valence-corrected chi connectivity index (χ0v) is 11.9. The standard InChI is InChI=1S/C15H29NO2/c1-2-16-12-15(9-5-10-17-13-15)8-3-6-14-7-4-11-18-14/h14,16H,2-13H2,1H3. The predicted molar refractivity (Wildman–Crippen MR) is 73.9 cm³/mol. The molecule has 2 atom stereocenters. The monoisotopic (exact) mass is 255 g/mol. The fraction of sp³-hybridized carbons (Fsp3) is 1.00. The van der Waals surface area contributed by atoms with Crippen molar-refractivity contribution in [3.63, 3.8) is 0 Å². The largest absolute Gasteiger partial charge is 0.381 e. The van der Waals surface area contributed by atoms with Crippen molar-refractivity contribution in [2.24, 2.45) is 5.41 Å². The average molecular weight is 255 g/mol. The van der Waals surface area contributed by atoms with E-state index in [1.165, 1.54) is 44.9 Å². The summed E-state index contributed by atoms with van der Waals surface area (Å²) in [6.07, 6.45) is 9.46. The van der Waals surface area contributed by atoms with Crippen LogP contribution in [0.25, 0.3) is 0 Å². The molecule has 0 aromatic carbocycles. The van der Waals surface area contributed by atoms with Crippen LogP contribution in [0, 0.1) is 5.41 Å². The normalized spacial score (nSPS) is 32.8. The molecular formula is C15H29NO2. The van der Waals surface area contributed by atoms with E-state index >= 15 is 0 Å². The van der Waals surface area contributed by atoms with E-state index in [0.717, 1.165) is 32.9 Å². The molecule has 2 rings (SSSR count). The third-order valence-electron chi connectivity index (χ3n) is 4.41. The molecule has 0 aromatic rings. The van der Waals surface area contributed by atoms with E-state index in [0.29, 0.717) is 11.5 Å². The third kappa shape index (κ3) is 4.22. The summed E-state index contributed by atoms with van der Waals surface area (Å²) in [6, 6.07) is 0. The van der Waals surface area contributed by atoms with E-state index in [9.17, 15) is 0 Å². The van der Waals surface area contributed by atoms with Crippen molar-refractivity contribution in [2.45, 2.75) is 58.0 Å². The van der Waals surface area contributed by atoms with E-state index in [1.54, 1.807) is 0 Å². The smallest absolute Gasteiger partial charge is 0.0576 e. The number of hydrogen-bond donors (Lipinski definition) is 1. The molecule has 106 valence electrons. The van der Waals surface area contributed by atoms with Gasteiger partial charge < -0.3 is 14.8 Å². The van der Waals surface area contributed by atoms with Gasteiger partial charge >= 0.3 is 0 Å². The Balaban J connectivity index is 1.73. The summed E-state index contributed by atoms with van der Waals surface area (Å²) in [6.45, 7) is 7.26. The van der Waals surface area contributed by atoms with E-state index < -0.39 is 0 Å². The highest BCUT2D eigenvalue weighted by molar-refractivity contribution is 4.84. The molecule has 0 spiro atoms. The van der Waals surface area contributed by atoms with Crippen LogP contribution in [-0.4, -0.2) is 39.0 Å². The van der Waals surface area contributed by atoms with Crippen molar-refractivity contribution >= 4 is 0 Å². The Hall–Kier alpha value is -0.120. The average Bonchev–Trinajstić information content (AvgIpc) is 2.91. The first kappa shape index (κ1) is 14.3. The number of nitrogens with one attached hydrogen (secondary N) is 1.